The molecule has 1 heterocycles. The Morgan fingerprint density at radius 3 is 2.57 bits per heavy atom. The van der Waals surface area contributed by atoms with Crippen molar-refractivity contribution >= 4 is 0 Å². The van der Waals surface area contributed by atoms with E-state index in [1.54, 1.807) is 0 Å². The standard InChI is InChI=1S/C13H12N/c1-10-4-3-5-12(8-10)13-7-6-11(2)14-9-13/h3-9H,1H2,2H3. The molecule has 2 aromatic rings. The van der Waals surface area contributed by atoms with E-state index in [1.807, 2.05) is 31.3 Å². The van der Waals surface area contributed by atoms with Crippen molar-refractivity contribution in [2.45, 2.75) is 6.92 Å². The van der Waals surface area contributed by atoms with Crippen molar-refractivity contribution < 1.29 is 0 Å². The second-order valence-electron chi connectivity index (χ2n) is 3.39. The molecule has 0 spiro atoms. The van der Waals surface area contributed by atoms with Crippen LogP contribution >= 0.6 is 0 Å². The molecule has 0 atom stereocenters. The van der Waals surface area contributed by atoms with E-state index in [2.05, 4.69) is 30.1 Å². The molecule has 1 aromatic heterocycles. The van der Waals surface area contributed by atoms with E-state index < -0.39 is 0 Å². The van der Waals surface area contributed by atoms with Gasteiger partial charge in [-0.1, -0.05) is 30.3 Å². The molecule has 1 heteroatoms. The quantitative estimate of drug-likeness (QED) is 0.659. The number of aromatic nitrogens is 1. The van der Waals surface area contributed by atoms with Gasteiger partial charge in [0.2, 0.25) is 0 Å². The third-order valence-corrected chi connectivity index (χ3v) is 2.17. The molecule has 0 aliphatic rings. The second-order valence-corrected chi connectivity index (χ2v) is 3.39. The van der Waals surface area contributed by atoms with Crippen LogP contribution in [0.3, 0.4) is 0 Å². The lowest BCUT2D eigenvalue weighted by molar-refractivity contribution is 1.20. The summed E-state index contributed by atoms with van der Waals surface area (Å²) in [6.45, 7) is 5.89. The van der Waals surface area contributed by atoms with Gasteiger partial charge < -0.3 is 0 Å². The predicted octanol–water partition coefficient (Wildman–Crippen LogP) is 3.24. The SMILES string of the molecule is [CH2]c1cccc(-c2ccc(C)nc2)c1. The molecule has 0 aliphatic heterocycles. The minimum atomic E-state index is 1.03. The fourth-order valence-electron chi connectivity index (χ4n) is 1.39. The van der Waals surface area contributed by atoms with Gasteiger partial charge in [-0.15, -0.1) is 0 Å². The van der Waals surface area contributed by atoms with Crippen LogP contribution in [-0.4, -0.2) is 4.98 Å². The summed E-state index contributed by atoms with van der Waals surface area (Å²) in [7, 11) is 0. The van der Waals surface area contributed by atoms with Gasteiger partial charge in [0.1, 0.15) is 0 Å². The largest absolute Gasteiger partial charge is 0.261 e. The molecule has 0 bridgehead atoms. The number of benzene rings is 1. The number of aryl methyl sites for hydroxylation is 1. The zero-order chi connectivity index (χ0) is 9.97. The van der Waals surface area contributed by atoms with E-state index in [0.29, 0.717) is 0 Å². The predicted molar refractivity (Wildman–Crippen MR) is 58.9 cm³/mol. The van der Waals surface area contributed by atoms with Crippen molar-refractivity contribution in [3.05, 3.63) is 60.8 Å². The van der Waals surface area contributed by atoms with Gasteiger partial charge >= 0.3 is 0 Å². The Morgan fingerprint density at radius 2 is 1.93 bits per heavy atom. The van der Waals surface area contributed by atoms with Gasteiger partial charge in [-0.3, -0.25) is 4.98 Å². The van der Waals surface area contributed by atoms with Crippen molar-refractivity contribution in [1.29, 1.82) is 0 Å². The van der Waals surface area contributed by atoms with E-state index in [9.17, 15) is 0 Å². The Balaban J connectivity index is 2.44. The summed E-state index contributed by atoms with van der Waals surface area (Å²) in [6, 6.07) is 12.2. The molecule has 0 N–H and O–H groups in total. The molecule has 0 aliphatic carbocycles. The zero-order valence-electron chi connectivity index (χ0n) is 8.20. The topological polar surface area (TPSA) is 12.9 Å². The van der Waals surface area contributed by atoms with Gasteiger partial charge in [-0.25, -0.2) is 0 Å². The molecule has 69 valence electrons. The van der Waals surface area contributed by atoms with Gasteiger partial charge in [0.05, 0.1) is 0 Å². The Hall–Kier alpha value is -1.63. The maximum absolute atomic E-state index is 4.26. The number of nitrogens with zero attached hydrogens (tertiary/aromatic N) is 1. The molecule has 0 unspecified atom stereocenters. The van der Waals surface area contributed by atoms with Crippen LogP contribution in [0.1, 0.15) is 11.3 Å². The van der Waals surface area contributed by atoms with Gasteiger partial charge in [-0.05, 0) is 31.0 Å². The van der Waals surface area contributed by atoms with E-state index in [0.717, 1.165) is 16.8 Å². The molecule has 0 saturated heterocycles. The van der Waals surface area contributed by atoms with Crippen molar-refractivity contribution in [3.63, 3.8) is 0 Å². The van der Waals surface area contributed by atoms with Crippen LogP contribution < -0.4 is 0 Å². The van der Waals surface area contributed by atoms with Crippen LogP contribution in [0, 0.1) is 13.8 Å². The van der Waals surface area contributed by atoms with Crippen LogP contribution in [0.4, 0.5) is 0 Å². The van der Waals surface area contributed by atoms with Crippen LogP contribution in [0.25, 0.3) is 11.1 Å². The Labute approximate surface area is 84.4 Å². The second kappa shape index (κ2) is 3.62. The first-order chi connectivity index (χ1) is 6.75. The molecule has 0 amide bonds. The monoisotopic (exact) mass is 182 g/mol. The van der Waals surface area contributed by atoms with E-state index in [-0.39, 0.29) is 0 Å². The highest BCUT2D eigenvalue weighted by atomic mass is 14.7. The van der Waals surface area contributed by atoms with Crippen molar-refractivity contribution in [2.24, 2.45) is 0 Å². The molecule has 1 aromatic carbocycles. The first-order valence-corrected chi connectivity index (χ1v) is 4.61. The number of pyridine rings is 1. The fourth-order valence-corrected chi connectivity index (χ4v) is 1.39. The lowest BCUT2D eigenvalue weighted by Gasteiger charge is -2.02. The number of hydrogen-bond acceptors (Lipinski definition) is 1. The highest BCUT2D eigenvalue weighted by Gasteiger charge is 1.97. The van der Waals surface area contributed by atoms with E-state index >= 15 is 0 Å². The maximum Gasteiger partial charge on any atom is 0.0373 e. The molecular formula is C13H12N. The van der Waals surface area contributed by atoms with Gasteiger partial charge in [0, 0.05) is 17.5 Å². The fraction of sp³-hybridized carbons (Fsp3) is 0.0769. The lowest BCUT2D eigenvalue weighted by Crippen LogP contribution is -1.83. The molecule has 1 radical (unpaired) electrons. The summed E-state index contributed by atoms with van der Waals surface area (Å²) in [5, 5.41) is 0. The van der Waals surface area contributed by atoms with Crippen LogP contribution in [0.15, 0.2) is 42.6 Å². The summed E-state index contributed by atoms with van der Waals surface area (Å²) in [5.74, 6) is 0. The van der Waals surface area contributed by atoms with Crippen LogP contribution in [0.5, 0.6) is 0 Å². The van der Waals surface area contributed by atoms with Gasteiger partial charge in [-0.2, -0.15) is 0 Å². The number of hydrogen-bond donors (Lipinski definition) is 0. The highest BCUT2D eigenvalue weighted by molar-refractivity contribution is 5.63. The van der Waals surface area contributed by atoms with Crippen molar-refractivity contribution in [3.8, 4) is 11.1 Å². The molecular weight excluding hydrogens is 170 g/mol. The first kappa shape index (κ1) is 8.95. The molecule has 1 nitrogen and oxygen atoms in total. The summed E-state index contributed by atoms with van der Waals surface area (Å²) in [5.41, 5.74) is 4.38. The Morgan fingerprint density at radius 1 is 1.07 bits per heavy atom. The summed E-state index contributed by atoms with van der Waals surface area (Å²) in [4.78, 5) is 4.26. The van der Waals surface area contributed by atoms with Crippen molar-refractivity contribution in [2.75, 3.05) is 0 Å². The Bertz CT molecular complexity index is 429. The number of rotatable bonds is 1. The summed E-state index contributed by atoms with van der Waals surface area (Å²) in [6.07, 6.45) is 1.89. The third kappa shape index (κ3) is 1.82. The smallest absolute Gasteiger partial charge is 0.0373 e. The molecule has 2 rings (SSSR count). The van der Waals surface area contributed by atoms with Gasteiger partial charge in [0.25, 0.3) is 0 Å². The molecule has 0 fully saturated rings. The maximum atomic E-state index is 4.26. The summed E-state index contributed by atoms with van der Waals surface area (Å²) < 4.78 is 0. The van der Waals surface area contributed by atoms with E-state index in [4.69, 9.17) is 0 Å². The zero-order valence-corrected chi connectivity index (χ0v) is 8.20. The average Bonchev–Trinajstić information content (AvgIpc) is 2.19. The van der Waals surface area contributed by atoms with Gasteiger partial charge in [0.15, 0.2) is 0 Å². The average molecular weight is 182 g/mol. The Kier molecular flexibility index (Phi) is 2.32. The minimum absolute atomic E-state index is 1.03. The molecule has 0 saturated carbocycles. The van der Waals surface area contributed by atoms with E-state index in [1.165, 1.54) is 5.56 Å². The highest BCUT2D eigenvalue weighted by Crippen LogP contribution is 2.19. The van der Waals surface area contributed by atoms with Crippen molar-refractivity contribution in [1.82, 2.24) is 4.98 Å². The first-order valence-electron chi connectivity index (χ1n) is 4.61. The third-order valence-electron chi connectivity index (χ3n) is 2.17. The minimum Gasteiger partial charge on any atom is -0.261 e. The molecule has 14 heavy (non-hydrogen) atoms. The van der Waals surface area contributed by atoms with Crippen LogP contribution in [0.2, 0.25) is 0 Å². The normalized spacial score (nSPS) is 10.1. The van der Waals surface area contributed by atoms with Crippen LogP contribution in [-0.2, 0) is 0 Å². The summed E-state index contributed by atoms with van der Waals surface area (Å²) >= 11 is 0. The lowest BCUT2D eigenvalue weighted by atomic mass is 10.1.